The maximum absolute atomic E-state index is 11.1. The molecule has 1 aliphatic carbocycles. The monoisotopic (exact) mass is 218 g/mol. The zero-order valence-corrected chi connectivity index (χ0v) is 9.16. The lowest BCUT2D eigenvalue weighted by Gasteiger charge is -2.21. The summed E-state index contributed by atoms with van der Waals surface area (Å²) in [5, 5.41) is 18.8. The Kier molecular flexibility index (Phi) is 2.69. The molecule has 0 amide bonds. The van der Waals surface area contributed by atoms with Gasteiger partial charge >= 0.3 is 5.97 Å². The van der Waals surface area contributed by atoms with E-state index >= 15 is 0 Å². The number of hydrogen-bond acceptors (Lipinski definition) is 2. The van der Waals surface area contributed by atoms with E-state index in [1.807, 2.05) is 13.0 Å². The van der Waals surface area contributed by atoms with Gasteiger partial charge in [0.15, 0.2) is 0 Å². The highest BCUT2D eigenvalue weighted by molar-refractivity contribution is 5.98. The van der Waals surface area contributed by atoms with E-state index in [2.05, 4.69) is 0 Å². The summed E-state index contributed by atoms with van der Waals surface area (Å²) in [5.41, 5.74) is 3.11. The number of benzene rings is 1. The van der Waals surface area contributed by atoms with E-state index in [9.17, 15) is 9.90 Å². The highest BCUT2D eigenvalue weighted by Crippen LogP contribution is 2.37. The lowest BCUT2D eigenvalue weighted by molar-refractivity contribution is -0.132. The topological polar surface area (TPSA) is 57.5 Å². The Bertz CT molecular complexity index is 472. The van der Waals surface area contributed by atoms with E-state index in [0.717, 1.165) is 16.7 Å². The van der Waals surface area contributed by atoms with E-state index in [0.29, 0.717) is 24.8 Å². The molecule has 0 saturated carbocycles. The van der Waals surface area contributed by atoms with Crippen LogP contribution in [0.3, 0.4) is 0 Å². The molecule has 3 nitrogen and oxygen atoms in total. The van der Waals surface area contributed by atoms with Gasteiger partial charge in [-0.15, -0.1) is 0 Å². The number of phenols is 1. The first-order valence-corrected chi connectivity index (χ1v) is 5.41. The van der Waals surface area contributed by atoms with Crippen molar-refractivity contribution < 1.29 is 15.0 Å². The summed E-state index contributed by atoms with van der Waals surface area (Å²) in [5.74, 6) is -0.571. The highest BCUT2D eigenvalue weighted by atomic mass is 16.4. The first-order valence-electron chi connectivity index (χ1n) is 5.41. The number of carboxylic acids is 1. The van der Waals surface area contributed by atoms with Crippen LogP contribution in [0.15, 0.2) is 23.8 Å². The molecule has 3 heteroatoms. The van der Waals surface area contributed by atoms with Crippen molar-refractivity contribution in [3.8, 4) is 5.75 Å². The molecule has 1 aromatic carbocycles. The van der Waals surface area contributed by atoms with Crippen LogP contribution in [0.4, 0.5) is 0 Å². The van der Waals surface area contributed by atoms with Crippen molar-refractivity contribution >= 4 is 11.5 Å². The maximum atomic E-state index is 11.1. The molecular weight excluding hydrogens is 204 g/mol. The molecule has 1 aliphatic rings. The van der Waals surface area contributed by atoms with Crippen molar-refractivity contribution in [1.82, 2.24) is 0 Å². The molecule has 0 radical (unpaired) electrons. The molecule has 2 rings (SSSR count). The molecule has 0 fully saturated rings. The fourth-order valence-corrected chi connectivity index (χ4v) is 2.32. The summed E-state index contributed by atoms with van der Waals surface area (Å²) in [7, 11) is 0. The number of carbonyl (C=O) groups is 1. The van der Waals surface area contributed by atoms with Crippen LogP contribution in [-0.2, 0) is 11.2 Å². The van der Waals surface area contributed by atoms with E-state index in [1.54, 1.807) is 12.1 Å². The number of phenolic OH excluding ortho intramolecular Hbond substituents is 1. The number of carboxylic acid groups (broad SMARTS) is 1. The van der Waals surface area contributed by atoms with Gasteiger partial charge in [0.1, 0.15) is 5.75 Å². The van der Waals surface area contributed by atoms with Gasteiger partial charge < -0.3 is 10.2 Å². The van der Waals surface area contributed by atoms with Gasteiger partial charge in [-0.05, 0) is 36.5 Å². The van der Waals surface area contributed by atoms with Gasteiger partial charge in [0.2, 0.25) is 0 Å². The Labute approximate surface area is 94.0 Å². The van der Waals surface area contributed by atoms with E-state index < -0.39 is 5.97 Å². The number of hydrogen-bond donors (Lipinski definition) is 2. The van der Waals surface area contributed by atoms with Gasteiger partial charge in [-0.25, -0.2) is 4.79 Å². The smallest absolute Gasteiger partial charge is 0.331 e. The summed E-state index contributed by atoms with van der Waals surface area (Å²) in [6.07, 6.45) is 1.79. The fraction of sp³-hybridized carbons (Fsp3) is 0.308. The maximum Gasteiger partial charge on any atom is 0.331 e. The first kappa shape index (κ1) is 10.7. The normalized spacial score (nSPS) is 14.8. The largest absolute Gasteiger partial charge is 0.508 e. The molecule has 16 heavy (non-hydrogen) atoms. The summed E-state index contributed by atoms with van der Waals surface area (Å²) in [6.45, 7) is 1.94. The molecule has 0 heterocycles. The van der Waals surface area contributed by atoms with Gasteiger partial charge in [0.25, 0.3) is 0 Å². The second-order valence-corrected chi connectivity index (χ2v) is 3.92. The zero-order chi connectivity index (χ0) is 11.7. The van der Waals surface area contributed by atoms with Crippen molar-refractivity contribution in [2.24, 2.45) is 0 Å². The molecule has 0 aliphatic heterocycles. The molecule has 0 atom stereocenters. The Hall–Kier alpha value is -1.77. The Morgan fingerprint density at radius 3 is 2.75 bits per heavy atom. The van der Waals surface area contributed by atoms with Crippen molar-refractivity contribution in [2.75, 3.05) is 0 Å². The average Bonchev–Trinajstić information content (AvgIpc) is 2.27. The zero-order valence-electron chi connectivity index (χ0n) is 9.16. The summed E-state index contributed by atoms with van der Waals surface area (Å²) >= 11 is 0. The van der Waals surface area contributed by atoms with Crippen LogP contribution in [0.1, 0.15) is 30.9 Å². The minimum atomic E-state index is -0.842. The second-order valence-electron chi connectivity index (χ2n) is 3.92. The number of aliphatic carboxylic acids is 1. The number of aromatic hydroxyl groups is 1. The van der Waals surface area contributed by atoms with Crippen molar-refractivity contribution in [3.63, 3.8) is 0 Å². The van der Waals surface area contributed by atoms with Crippen LogP contribution < -0.4 is 0 Å². The minimum Gasteiger partial charge on any atom is -0.508 e. The van der Waals surface area contributed by atoms with E-state index in [1.165, 1.54) is 0 Å². The molecule has 84 valence electrons. The lowest BCUT2D eigenvalue weighted by Crippen LogP contribution is -2.11. The van der Waals surface area contributed by atoms with Crippen molar-refractivity contribution in [3.05, 3.63) is 34.9 Å². The van der Waals surface area contributed by atoms with Crippen LogP contribution >= 0.6 is 0 Å². The molecule has 0 saturated heterocycles. The van der Waals surface area contributed by atoms with Gasteiger partial charge in [0, 0.05) is 11.1 Å². The fourth-order valence-electron chi connectivity index (χ4n) is 2.32. The van der Waals surface area contributed by atoms with Crippen LogP contribution in [0.5, 0.6) is 5.75 Å². The van der Waals surface area contributed by atoms with Crippen LogP contribution in [-0.4, -0.2) is 16.2 Å². The van der Waals surface area contributed by atoms with E-state index in [-0.39, 0.29) is 5.75 Å². The number of rotatable bonds is 2. The number of allylic oxidation sites excluding steroid dienone is 1. The standard InChI is InChI=1S/C13H14O3/c1-2-8-9-4-3-5-12(14)10(9)6-7-11(8)13(15)16/h3-5,14H,2,6-7H2,1H3,(H,15,16). The van der Waals surface area contributed by atoms with Crippen molar-refractivity contribution in [2.45, 2.75) is 26.2 Å². The third-order valence-electron chi connectivity index (χ3n) is 3.08. The molecule has 0 unspecified atom stereocenters. The van der Waals surface area contributed by atoms with Gasteiger partial charge in [0.05, 0.1) is 0 Å². The van der Waals surface area contributed by atoms with Gasteiger partial charge in [-0.2, -0.15) is 0 Å². The Morgan fingerprint density at radius 1 is 1.38 bits per heavy atom. The van der Waals surface area contributed by atoms with Gasteiger partial charge in [-0.3, -0.25) is 0 Å². The Balaban J connectivity index is 2.63. The third kappa shape index (κ3) is 1.58. The summed E-state index contributed by atoms with van der Waals surface area (Å²) in [6, 6.07) is 5.29. The molecule has 1 aromatic rings. The molecule has 0 bridgehead atoms. The molecule has 2 N–H and O–H groups in total. The molecular formula is C13H14O3. The summed E-state index contributed by atoms with van der Waals surface area (Å²) in [4.78, 5) is 11.1. The third-order valence-corrected chi connectivity index (χ3v) is 3.08. The van der Waals surface area contributed by atoms with Gasteiger partial charge in [-0.1, -0.05) is 19.1 Å². The van der Waals surface area contributed by atoms with Crippen molar-refractivity contribution in [1.29, 1.82) is 0 Å². The predicted octanol–water partition coefficient (Wildman–Crippen LogP) is 2.59. The lowest BCUT2D eigenvalue weighted by atomic mass is 9.84. The second kappa shape index (κ2) is 4.00. The van der Waals surface area contributed by atoms with Crippen LogP contribution in [0.25, 0.3) is 5.57 Å². The van der Waals surface area contributed by atoms with E-state index in [4.69, 9.17) is 5.11 Å². The Morgan fingerprint density at radius 2 is 2.12 bits per heavy atom. The van der Waals surface area contributed by atoms with Crippen LogP contribution in [0, 0.1) is 0 Å². The summed E-state index contributed by atoms with van der Waals surface area (Å²) < 4.78 is 0. The minimum absolute atomic E-state index is 0.271. The SMILES string of the molecule is CCC1=C(C(=O)O)CCc2c(O)cccc21. The number of fused-ring (bicyclic) bond motifs is 1. The predicted molar refractivity (Wildman–Crippen MR) is 61.3 cm³/mol. The molecule has 0 aromatic heterocycles. The molecule has 0 spiro atoms. The van der Waals surface area contributed by atoms with Crippen LogP contribution in [0.2, 0.25) is 0 Å². The first-order chi connectivity index (χ1) is 7.65. The highest BCUT2D eigenvalue weighted by Gasteiger charge is 2.23. The quantitative estimate of drug-likeness (QED) is 0.802. The average molecular weight is 218 g/mol.